The van der Waals surface area contributed by atoms with Gasteiger partial charge in [-0.2, -0.15) is 5.26 Å². The van der Waals surface area contributed by atoms with Crippen LogP contribution in [0.3, 0.4) is 0 Å². The second kappa shape index (κ2) is 4.36. The highest BCUT2D eigenvalue weighted by atomic mass is 32.1. The molecule has 0 radical (unpaired) electrons. The summed E-state index contributed by atoms with van der Waals surface area (Å²) >= 11 is 5.09. The van der Waals surface area contributed by atoms with Gasteiger partial charge in [-0.15, -0.1) is 0 Å². The van der Waals surface area contributed by atoms with Gasteiger partial charge in [0.15, 0.2) is 4.77 Å². The maximum Gasteiger partial charge on any atom is 0.251 e. The summed E-state index contributed by atoms with van der Waals surface area (Å²) in [7, 11) is 0. The number of benzene rings is 1. The Morgan fingerprint density at radius 3 is 2.82 bits per heavy atom. The van der Waals surface area contributed by atoms with Gasteiger partial charge in [-0.05, 0) is 36.8 Å². The van der Waals surface area contributed by atoms with E-state index in [1.54, 1.807) is 22.9 Å². The van der Waals surface area contributed by atoms with Gasteiger partial charge < -0.3 is 0 Å². The van der Waals surface area contributed by atoms with Crippen LogP contribution in [0.1, 0.15) is 11.1 Å². The van der Waals surface area contributed by atoms with E-state index in [1.165, 1.54) is 6.07 Å². The third-order valence-corrected chi connectivity index (χ3v) is 2.72. The molecule has 0 fully saturated rings. The number of nitrogens with one attached hydrogen (secondary N) is 1. The number of aryl methyl sites for hydroxylation is 1. The summed E-state index contributed by atoms with van der Waals surface area (Å²) in [6.07, 6.45) is 1.60. The zero-order chi connectivity index (χ0) is 12.4. The molecule has 84 valence electrons. The molecule has 0 saturated carbocycles. The van der Waals surface area contributed by atoms with E-state index in [0.29, 0.717) is 10.3 Å². The lowest BCUT2D eigenvalue weighted by Crippen LogP contribution is -2.10. The molecule has 1 aromatic carbocycles. The van der Waals surface area contributed by atoms with Crippen LogP contribution < -0.4 is 5.56 Å². The average molecular weight is 243 g/mol. The van der Waals surface area contributed by atoms with Crippen molar-refractivity contribution in [1.82, 2.24) is 9.55 Å². The van der Waals surface area contributed by atoms with Crippen molar-refractivity contribution in [1.29, 1.82) is 5.26 Å². The van der Waals surface area contributed by atoms with E-state index in [1.807, 2.05) is 13.0 Å². The monoisotopic (exact) mass is 243 g/mol. The van der Waals surface area contributed by atoms with Crippen molar-refractivity contribution < 1.29 is 0 Å². The summed E-state index contributed by atoms with van der Waals surface area (Å²) in [4.78, 5) is 13.6. The Labute approximate surface area is 103 Å². The third kappa shape index (κ3) is 2.17. The highest BCUT2D eigenvalue weighted by Crippen LogP contribution is 2.15. The molecule has 0 aliphatic rings. The minimum atomic E-state index is -0.236. The van der Waals surface area contributed by atoms with Crippen LogP contribution in [0, 0.1) is 23.0 Å². The second-order valence-corrected chi connectivity index (χ2v) is 3.98. The van der Waals surface area contributed by atoms with Crippen LogP contribution in [0.4, 0.5) is 0 Å². The molecule has 0 unspecified atom stereocenters. The van der Waals surface area contributed by atoms with Crippen molar-refractivity contribution in [3.8, 4) is 11.8 Å². The molecule has 0 spiro atoms. The number of H-pyrrole nitrogens is 1. The van der Waals surface area contributed by atoms with Crippen LogP contribution in [0.5, 0.6) is 0 Å². The lowest BCUT2D eigenvalue weighted by atomic mass is 10.1. The van der Waals surface area contributed by atoms with Crippen molar-refractivity contribution in [2.75, 3.05) is 0 Å². The predicted molar refractivity (Wildman–Crippen MR) is 66.7 cm³/mol. The molecule has 0 aliphatic carbocycles. The van der Waals surface area contributed by atoms with Crippen LogP contribution in [-0.2, 0) is 0 Å². The van der Waals surface area contributed by atoms with Crippen molar-refractivity contribution in [3.63, 3.8) is 0 Å². The number of aromatic amines is 1. The summed E-state index contributed by atoms with van der Waals surface area (Å²) in [5.41, 5.74) is 2.09. The first-order valence-corrected chi connectivity index (χ1v) is 5.36. The Hall–Kier alpha value is -2.19. The third-order valence-electron chi connectivity index (χ3n) is 2.42. The zero-order valence-electron chi connectivity index (χ0n) is 9.10. The molecule has 0 atom stereocenters. The first-order valence-electron chi connectivity index (χ1n) is 4.95. The van der Waals surface area contributed by atoms with Gasteiger partial charge in [0.2, 0.25) is 0 Å². The molecular weight excluding hydrogens is 234 g/mol. The second-order valence-electron chi connectivity index (χ2n) is 3.59. The first kappa shape index (κ1) is 11.3. The van der Waals surface area contributed by atoms with E-state index >= 15 is 0 Å². The molecule has 1 aromatic heterocycles. The Morgan fingerprint density at radius 2 is 2.18 bits per heavy atom. The minimum Gasteiger partial charge on any atom is -0.299 e. The van der Waals surface area contributed by atoms with Gasteiger partial charge in [0.25, 0.3) is 5.56 Å². The van der Waals surface area contributed by atoms with Crippen LogP contribution >= 0.6 is 12.2 Å². The Morgan fingerprint density at radius 1 is 1.41 bits per heavy atom. The lowest BCUT2D eigenvalue weighted by molar-refractivity contribution is 0.928. The number of aromatic nitrogens is 2. The Balaban J connectivity index is 2.73. The number of nitrogens with zero attached hydrogens (tertiary/aromatic N) is 2. The molecule has 2 aromatic rings. The summed E-state index contributed by atoms with van der Waals surface area (Å²) in [6.45, 7) is 1.92. The fourth-order valence-electron chi connectivity index (χ4n) is 1.55. The smallest absolute Gasteiger partial charge is 0.251 e. The average Bonchev–Trinajstić information content (AvgIpc) is 2.30. The van der Waals surface area contributed by atoms with Crippen LogP contribution in [-0.4, -0.2) is 9.55 Å². The molecule has 1 N–H and O–H groups in total. The zero-order valence-corrected chi connectivity index (χ0v) is 9.91. The summed E-state index contributed by atoms with van der Waals surface area (Å²) < 4.78 is 1.99. The fourth-order valence-corrected chi connectivity index (χ4v) is 1.81. The predicted octanol–water partition coefficient (Wildman–Crippen LogP) is 2.08. The molecule has 4 nitrogen and oxygen atoms in total. The van der Waals surface area contributed by atoms with E-state index in [4.69, 9.17) is 17.5 Å². The highest BCUT2D eigenvalue weighted by molar-refractivity contribution is 7.71. The SMILES string of the molecule is Cc1ccc(C#N)cc1-n1ccc(=O)[nH]c1=S. The Kier molecular flexibility index (Phi) is 2.90. The Bertz CT molecular complexity index is 722. The fraction of sp³-hybridized carbons (Fsp3) is 0.0833. The number of rotatable bonds is 1. The van der Waals surface area contributed by atoms with Crippen molar-refractivity contribution in [2.45, 2.75) is 6.92 Å². The van der Waals surface area contributed by atoms with E-state index in [-0.39, 0.29) is 5.56 Å². The van der Waals surface area contributed by atoms with Crippen LogP contribution in [0.25, 0.3) is 5.69 Å². The number of hydrogen-bond donors (Lipinski definition) is 1. The number of nitriles is 1. The summed E-state index contributed by atoms with van der Waals surface area (Å²) in [5, 5.41) is 8.87. The van der Waals surface area contributed by atoms with Gasteiger partial charge in [0, 0.05) is 12.3 Å². The molecular formula is C12H9N3OS. The molecule has 0 amide bonds. The summed E-state index contributed by atoms with van der Waals surface area (Å²) in [6, 6.07) is 8.80. The molecule has 5 heteroatoms. The van der Waals surface area contributed by atoms with Gasteiger partial charge in [-0.1, -0.05) is 6.07 Å². The van der Waals surface area contributed by atoms with Gasteiger partial charge in [-0.25, -0.2) is 0 Å². The number of hydrogen-bond acceptors (Lipinski definition) is 3. The molecule has 2 rings (SSSR count). The van der Waals surface area contributed by atoms with E-state index < -0.39 is 0 Å². The summed E-state index contributed by atoms with van der Waals surface area (Å²) in [5.74, 6) is 0. The maximum absolute atomic E-state index is 11.1. The van der Waals surface area contributed by atoms with Gasteiger partial charge in [-0.3, -0.25) is 14.3 Å². The van der Waals surface area contributed by atoms with Crippen molar-refractivity contribution in [3.05, 3.63) is 56.7 Å². The first-order chi connectivity index (χ1) is 8.11. The van der Waals surface area contributed by atoms with Crippen LogP contribution in [0.15, 0.2) is 35.3 Å². The molecule has 1 heterocycles. The molecule has 0 saturated heterocycles. The van der Waals surface area contributed by atoms with Crippen molar-refractivity contribution >= 4 is 12.2 Å². The molecule has 0 aliphatic heterocycles. The van der Waals surface area contributed by atoms with Gasteiger partial charge in [0.05, 0.1) is 17.3 Å². The quantitative estimate of drug-likeness (QED) is 0.780. The standard InChI is InChI=1S/C12H9N3OS/c1-8-2-3-9(7-13)6-10(8)15-5-4-11(16)14-12(15)17/h2-6H,1H3,(H,14,16,17). The van der Waals surface area contributed by atoms with E-state index in [2.05, 4.69) is 11.1 Å². The van der Waals surface area contributed by atoms with E-state index in [0.717, 1.165) is 11.3 Å². The van der Waals surface area contributed by atoms with Gasteiger partial charge in [0.1, 0.15) is 0 Å². The minimum absolute atomic E-state index is 0.236. The molecule has 17 heavy (non-hydrogen) atoms. The lowest BCUT2D eigenvalue weighted by Gasteiger charge is -2.09. The van der Waals surface area contributed by atoms with Crippen LogP contribution in [0.2, 0.25) is 0 Å². The molecule has 0 bridgehead atoms. The largest absolute Gasteiger partial charge is 0.299 e. The highest BCUT2D eigenvalue weighted by Gasteiger charge is 2.03. The normalized spacial score (nSPS) is 9.88. The van der Waals surface area contributed by atoms with E-state index in [9.17, 15) is 4.79 Å². The topological polar surface area (TPSA) is 61.6 Å². The maximum atomic E-state index is 11.1. The van der Waals surface area contributed by atoms with Gasteiger partial charge >= 0.3 is 0 Å². The van der Waals surface area contributed by atoms with Crippen molar-refractivity contribution in [2.24, 2.45) is 0 Å².